The number of aromatic nitrogens is 2. The van der Waals surface area contributed by atoms with Gasteiger partial charge in [0, 0.05) is 20.0 Å². The first-order chi connectivity index (χ1) is 8.65. The molecule has 5 nitrogen and oxygen atoms in total. The minimum atomic E-state index is 0.387. The molecule has 0 aromatic carbocycles. The average molecular weight is 245 g/mol. The van der Waals surface area contributed by atoms with Gasteiger partial charge in [-0.2, -0.15) is 5.10 Å². The van der Waals surface area contributed by atoms with Crippen LogP contribution in [0.4, 0.5) is 5.69 Å². The van der Waals surface area contributed by atoms with Crippen LogP contribution in [0.1, 0.15) is 38.1 Å². The van der Waals surface area contributed by atoms with Crippen molar-refractivity contribution < 1.29 is 0 Å². The molecule has 1 atom stereocenters. The molecule has 96 valence electrons. The summed E-state index contributed by atoms with van der Waals surface area (Å²) in [6.45, 7) is 7.30. The van der Waals surface area contributed by atoms with Crippen molar-refractivity contribution in [3.8, 4) is 0 Å². The van der Waals surface area contributed by atoms with Gasteiger partial charge in [-0.1, -0.05) is 13.8 Å². The molecule has 0 spiro atoms. The van der Waals surface area contributed by atoms with Crippen LogP contribution in [0.25, 0.3) is 0 Å². The molecule has 1 unspecified atom stereocenters. The largest absolute Gasteiger partial charge is 0.311 e. The maximum atomic E-state index is 4.84. The maximum Gasteiger partial charge on any atom is 0.157 e. The number of amidine groups is 2. The molecule has 0 fully saturated rings. The Morgan fingerprint density at radius 2 is 2.11 bits per heavy atom. The van der Waals surface area contributed by atoms with E-state index in [1.165, 1.54) is 0 Å². The van der Waals surface area contributed by atoms with Crippen molar-refractivity contribution in [3.63, 3.8) is 0 Å². The lowest BCUT2D eigenvalue weighted by Crippen LogP contribution is -2.38. The predicted molar refractivity (Wildman–Crippen MR) is 72.7 cm³/mol. The molecule has 0 aliphatic carbocycles. The fraction of sp³-hybridized carbons (Fsp3) is 0.615. The molecular formula is C13H19N5. The van der Waals surface area contributed by atoms with Crippen LogP contribution >= 0.6 is 0 Å². The highest BCUT2D eigenvalue weighted by atomic mass is 15.4. The van der Waals surface area contributed by atoms with Gasteiger partial charge in [-0.3, -0.25) is 9.67 Å². The molecule has 5 heteroatoms. The number of aryl methyl sites for hydroxylation is 2. The van der Waals surface area contributed by atoms with Crippen LogP contribution in [0.5, 0.6) is 0 Å². The van der Waals surface area contributed by atoms with E-state index in [9.17, 15) is 0 Å². The third-order valence-corrected chi connectivity index (χ3v) is 3.70. The SMILES string of the molecule is CCC1=Nc2c(C)nn(C)c2C2=NC(CC)CN12. The Labute approximate surface area is 107 Å². The summed E-state index contributed by atoms with van der Waals surface area (Å²) >= 11 is 0. The number of nitrogens with zero attached hydrogens (tertiary/aromatic N) is 5. The Kier molecular flexibility index (Phi) is 2.50. The van der Waals surface area contributed by atoms with Gasteiger partial charge in [-0.25, -0.2) is 4.99 Å². The number of aliphatic imine (C=N–C) groups is 2. The topological polar surface area (TPSA) is 45.8 Å². The van der Waals surface area contributed by atoms with Crippen molar-refractivity contribution in [3.05, 3.63) is 11.4 Å². The van der Waals surface area contributed by atoms with Crippen LogP contribution in [-0.2, 0) is 7.05 Å². The summed E-state index contributed by atoms with van der Waals surface area (Å²) in [5.74, 6) is 2.18. The molecule has 0 saturated carbocycles. The zero-order valence-corrected chi connectivity index (χ0v) is 11.4. The minimum absolute atomic E-state index is 0.387. The Balaban J connectivity index is 2.19. The van der Waals surface area contributed by atoms with Gasteiger partial charge in [0.1, 0.15) is 17.2 Å². The molecule has 3 heterocycles. The second-order valence-electron chi connectivity index (χ2n) is 4.91. The first kappa shape index (κ1) is 11.4. The van der Waals surface area contributed by atoms with E-state index in [0.29, 0.717) is 6.04 Å². The van der Waals surface area contributed by atoms with Crippen molar-refractivity contribution in [2.75, 3.05) is 6.54 Å². The van der Waals surface area contributed by atoms with Gasteiger partial charge in [0.25, 0.3) is 0 Å². The van der Waals surface area contributed by atoms with E-state index >= 15 is 0 Å². The Morgan fingerprint density at radius 3 is 2.78 bits per heavy atom. The highest BCUT2D eigenvalue weighted by molar-refractivity contribution is 6.15. The number of rotatable bonds is 2. The van der Waals surface area contributed by atoms with E-state index in [0.717, 1.165) is 48.1 Å². The molecule has 0 saturated heterocycles. The van der Waals surface area contributed by atoms with Crippen molar-refractivity contribution in [1.29, 1.82) is 0 Å². The van der Waals surface area contributed by atoms with Gasteiger partial charge in [0.15, 0.2) is 5.84 Å². The van der Waals surface area contributed by atoms with E-state index in [-0.39, 0.29) is 0 Å². The summed E-state index contributed by atoms with van der Waals surface area (Å²) in [5, 5.41) is 4.47. The van der Waals surface area contributed by atoms with E-state index in [2.05, 4.69) is 23.8 Å². The van der Waals surface area contributed by atoms with Gasteiger partial charge in [-0.15, -0.1) is 0 Å². The minimum Gasteiger partial charge on any atom is -0.311 e. The van der Waals surface area contributed by atoms with Crippen LogP contribution in [0.2, 0.25) is 0 Å². The zero-order valence-electron chi connectivity index (χ0n) is 11.4. The molecule has 2 aliphatic rings. The van der Waals surface area contributed by atoms with Crippen LogP contribution < -0.4 is 0 Å². The number of fused-ring (bicyclic) bond motifs is 3. The summed E-state index contributed by atoms with van der Waals surface area (Å²) < 4.78 is 1.91. The third-order valence-electron chi connectivity index (χ3n) is 3.70. The van der Waals surface area contributed by atoms with E-state index in [4.69, 9.17) is 9.98 Å². The summed E-state index contributed by atoms with van der Waals surface area (Å²) in [6, 6.07) is 0.387. The number of hydrogen-bond donors (Lipinski definition) is 0. The van der Waals surface area contributed by atoms with Crippen LogP contribution in [-0.4, -0.2) is 38.9 Å². The number of hydrogen-bond acceptors (Lipinski definition) is 4. The quantitative estimate of drug-likeness (QED) is 0.800. The highest BCUT2D eigenvalue weighted by Gasteiger charge is 2.35. The van der Waals surface area contributed by atoms with Crippen LogP contribution in [0.15, 0.2) is 9.98 Å². The molecule has 0 radical (unpaired) electrons. The van der Waals surface area contributed by atoms with Crippen molar-refractivity contribution in [1.82, 2.24) is 14.7 Å². The lowest BCUT2D eigenvalue weighted by atomic mass is 10.2. The molecule has 0 N–H and O–H groups in total. The smallest absolute Gasteiger partial charge is 0.157 e. The summed E-state index contributed by atoms with van der Waals surface area (Å²) in [4.78, 5) is 11.9. The molecule has 1 aromatic rings. The van der Waals surface area contributed by atoms with Crippen LogP contribution in [0.3, 0.4) is 0 Å². The molecule has 3 rings (SSSR count). The van der Waals surface area contributed by atoms with Crippen molar-refractivity contribution in [2.24, 2.45) is 17.0 Å². The Morgan fingerprint density at radius 1 is 1.33 bits per heavy atom. The summed E-state index contributed by atoms with van der Waals surface area (Å²) in [7, 11) is 1.97. The standard InChI is InChI=1S/C13H19N5/c1-5-9-7-18-10(6-2)15-11-8(3)16-17(4)12(11)13(18)14-9/h9H,5-7H2,1-4H3. The lowest BCUT2D eigenvalue weighted by Gasteiger charge is -2.26. The first-order valence-electron chi connectivity index (χ1n) is 6.62. The zero-order chi connectivity index (χ0) is 12.9. The Hall–Kier alpha value is -1.65. The van der Waals surface area contributed by atoms with Gasteiger partial charge in [-0.05, 0) is 13.3 Å². The lowest BCUT2D eigenvalue weighted by molar-refractivity contribution is 0.550. The predicted octanol–water partition coefficient (Wildman–Crippen LogP) is 2.02. The van der Waals surface area contributed by atoms with E-state index < -0.39 is 0 Å². The normalized spacial score (nSPS) is 21.6. The maximum absolute atomic E-state index is 4.84. The highest BCUT2D eigenvalue weighted by Crippen LogP contribution is 2.33. The summed E-state index contributed by atoms with van der Waals surface area (Å²) in [5.41, 5.74) is 3.06. The van der Waals surface area contributed by atoms with Gasteiger partial charge in [0.05, 0.1) is 11.7 Å². The first-order valence-corrected chi connectivity index (χ1v) is 6.62. The second-order valence-corrected chi connectivity index (χ2v) is 4.91. The fourth-order valence-electron chi connectivity index (χ4n) is 2.71. The average Bonchev–Trinajstić information content (AvgIpc) is 2.90. The molecule has 0 amide bonds. The van der Waals surface area contributed by atoms with Crippen LogP contribution in [0, 0.1) is 6.92 Å². The van der Waals surface area contributed by atoms with E-state index in [1.54, 1.807) is 0 Å². The molecule has 0 bridgehead atoms. The monoisotopic (exact) mass is 245 g/mol. The van der Waals surface area contributed by atoms with Crippen molar-refractivity contribution in [2.45, 2.75) is 39.7 Å². The molecule has 18 heavy (non-hydrogen) atoms. The Bertz CT molecular complexity index is 552. The van der Waals surface area contributed by atoms with E-state index in [1.807, 2.05) is 18.7 Å². The fourth-order valence-corrected chi connectivity index (χ4v) is 2.71. The third kappa shape index (κ3) is 1.43. The molecular weight excluding hydrogens is 226 g/mol. The van der Waals surface area contributed by atoms with Gasteiger partial charge >= 0.3 is 0 Å². The second kappa shape index (κ2) is 3.93. The molecule has 1 aromatic heterocycles. The summed E-state index contributed by atoms with van der Waals surface area (Å²) in [6.07, 6.45) is 2.01. The van der Waals surface area contributed by atoms with Gasteiger partial charge in [0.2, 0.25) is 0 Å². The van der Waals surface area contributed by atoms with Crippen molar-refractivity contribution >= 4 is 17.4 Å². The van der Waals surface area contributed by atoms with Gasteiger partial charge < -0.3 is 4.90 Å². The molecule has 2 aliphatic heterocycles.